The summed E-state index contributed by atoms with van der Waals surface area (Å²) in [5.41, 5.74) is 2.56. The number of ether oxygens (including phenoxy) is 2. The van der Waals surface area contributed by atoms with Crippen molar-refractivity contribution in [1.29, 1.82) is 0 Å². The summed E-state index contributed by atoms with van der Waals surface area (Å²) in [5, 5.41) is 0.301. The zero-order valence-electron chi connectivity index (χ0n) is 21.8. The number of methoxy groups -OCH3 is 2. The standard InChI is InChI=1S/C34H24O6/c1-37-25-17-13-22(14-18-25)28-29-27(21-9-5-3-6-10-21)31(23-11-7-4-8-12-23)39-33(35)30(29)34(36)40-32(28)24-15-19-26(38-2)20-16-24/h3-20H,1-2H3. The van der Waals surface area contributed by atoms with Gasteiger partial charge in [-0.3, -0.25) is 0 Å². The first-order valence-electron chi connectivity index (χ1n) is 12.7. The van der Waals surface area contributed by atoms with Gasteiger partial charge >= 0.3 is 11.3 Å². The van der Waals surface area contributed by atoms with E-state index in [1.54, 1.807) is 26.4 Å². The average Bonchev–Trinajstić information content (AvgIpc) is 3.01. The third-order valence-corrected chi connectivity index (χ3v) is 6.83. The molecule has 6 heteroatoms. The van der Waals surface area contributed by atoms with E-state index in [9.17, 15) is 9.59 Å². The smallest absolute Gasteiger partial charge is 0.351 e. The molecule has 0 aliphatic carbocycles. The van der Waals surface area contributed by atoms with Gasteiger partial charge in [0.1, 0.15) is 23.0 Å². The minimum Gasteiger partial charge on any atom is -0.497 e. The van der Waals surface area contributed by atoms with Gasteiger partial charge < -0.3 is 18.3 Å². The Morgan fingerprint density at radius 2 is 0.825 bits per heavy atom. The first-order chi connectivity index (χ1) is 19.6. The van der Waals surface area contributed by atoms with Gasteiger partial charge in [-0.2, -0.15) is 0 Å². The number of benzene rings is 4. The van der Waals surface area contributed by atoms with E-state index >= 15 is 0 Å². The van der Waals surface area contributed by atoms with E-state index in [2.05, 4.69) is 0 Å². The normalized spacial score (nSPS) is 10.9. The van der Waals surface area contributed by atoms with Crippen molar-refractivity contribution in [2.75, 3.05) is 14.2 Å². The molecule has 0 saturated carbocycles. The molecule has 196 valence electrons. The van der Waals surface area contributed by atoms with Gasteiger partial charge in [-0.1, -0.05) is 72.8 Å². The van der Waals surface area contributed by atoms with E-state index in [1.807, 2.05) is 97.1 Å². The molecule has 0 N–H and O–H groups in total. The Morgan fingerprint density at radius 3 is 1.27 bits per heavy atom. The molecule has 4 aromatic carbocycles. The van der Waals surface area contributed by atoms with Gasteiger partial charge in [-0.05, 0) is 47.5 Å². The Morgan fingerprint density at radius 1 is 0.450 bits per heavy atom. The molecule has 0 unspecified atom stereocenters. The Hall–Kier alpha value is -5.36. The van der Waals surface area contributed by atoms with Crippen molar-refractivity contribution in [3.8, 4) is 56.4 Å². The zero-order valence-corrected chi connectivity index (χ0v) is 21.8. The quantitative estimate of drug-likeness (QED) is 0.224. The second-order valence-electron chi connectivity index (χ2n) is 9.13. The highest BCUT2D eigenvalue weighted by Gasteiger charge is 2.27. The van der Waals surface area contributed by atoms with Crippen LogP contribution in [0, 0.1) is 0 Å². The molecule has 0 amide bonds. The van der Waals surface area contributed by atoms with Crippen LogP contribution in [-0.2, 0) is 0 Å². The second-order valence-corrected chi connectivity index (χ2v) is 9.13. The molecule has 2 aromatic heterocycles. The Labute approximate surface area is 229 Å². The maximum Gasteiger partial charge on any atom is 0.351 e. The Balaban J connectivity index is 1.84. The van der Waals surface area contributed by atoms with Gasteiger partial charge in [-0.15, -0.1) is 0 Å². The number of hydrogen-bond acceptors (Lipinski definition) is 6. The van der Waals surface area contributed by atoms with Crippen molar-refractivity contribution in [2.24, 2.45) is 0 Å². The predicted molar refractivity (Wildman–Crippen MR) is 156 cm³/mol. The van der Waals surface area contributed by atoms with Crippen LogP contribution in [0.3, 0.4) is 0 Å². The Bertz CT molecular complexity index is 1920. The highest BCUT2D eigenvalue weighted by molar-refractivity contribution is 6.11. The predicted octanol–water partition coefficient (Wildman–Crippen LogP) is 7.43. The average molecular weight is 529 g/mol. The monoisotopic (exact) mass is 528 g/mol. The summed E-state index contributed by atoms with van der Waals surface area (Å²) in [6.07, 6.45) is 0. The zero-order chi connectivity index (χ0) is 27.6. The van der Waals surface area contributed by atoms with Crippen LogP contribution >= 0.6 is 0 Å². The maximum atomic E-state index is 13.6. The van der Waals surface area contributed by atoms with Crippen LogP contribution in [0.1, 0.15) is 0 Å². The summed E-state index contributed by atoms with van der Waals surface area (Å²) in [6.45, 7) is 0. The minimum atomic E-state index is -0.774. The van der Waals surface area contributed by atoms with Gasteiger partial charge in [0.15, 0.2) is 5.39 Å². The SMILES string of the molecule is COc1ccc(-c2oc(=O)c3c(=O)oc(-c4ccccc4)c(-c4ccccc4)c3c2-c2ccc(OC)cc2)cc1. The first kappa shape index (κ1) is 24.9. The lowest BCUT2D eigenvalue weighted by Crippen LogP contribution is -2.15. The van der Waals surface area contributed by atoms with Crippen LogP contribution < -0.4 is 20.7 Å². The molecule has 6 nitrogen and oxygen atoms in total. The van der Waals surface area contributed by atoms with Crippen LogP contribution in [0.5, 0.6) is 11.5 Å². The molecule has 0 saturated heterocycles. The molecule has 0 fully saturated rings. The van der Waals surface area contributed by atoms with E-state index in [0.717, 1.165) is 11.1 Å². The molecule has 40 heavy (non-hydrogen) atoms. The second kappa shape index (κ2) is 10.4. The largest absolute Gasteiger partial charge is 0.497 e. The van der Waals surface area contributed by atoms with Crippen molar-refractivity contribution in [3.05, 3.63) is 130 Å². The minimum absolute atomic E-state index is 0.151. The number of hydrogen-bond donors (Lipinski definition) is 0. The van der Waals surface area contributed by atoms with Crippen molar-refractivity contribution in [2.45, 2.75) is 0 Å². The summed E-state index contributed by atoms with van der Waals surface area (Å²) in [4.78, 5) is 27.1. The van der Waals surface area contributed by atoms with Gasteiger partial charge in [0, 0.05) is 27.6 Å². The van der Waals surface area contributed by atoms with E-state index < -0.39 is 11.3 Å². The van der Waals surface area contributed by atoms with Crippen molar-refractivity contribution < 1.29 is 18.3 Å². The summed E-state index contributed by atoms with van der Waals surface area (Å²) in [5.74, 6) is 2.02. The maximum absolute atomic E-state index is 13.6. The molecule has 0 spiro atoms. The number of rotatable bonds is 6. The van der Waals surface area contributed by atoms with Gasteiger partial charge in [0.2, 0.25) is 0 Å². The third-order valence-electron chi connectivity index (χ3n) is 6.83. The van der Waals surface area contributed by atoms with E-state index in [1.165, 1.54) is 0 Å². The summed E-state index contributed by atoms with van der Waals surface area (Å²) >= 11 is 0. The fourth-order valence-electron chi connectivity index (χ4n) is 4.93. The van der Waals surface area contributed by atoms with E-state index in [0.29, 0.717) is 50.7 Å². The summed E-state index contributed by atoms with van der Waals surface area (Å²) < 4.78 is 22.5. The highest BCUT2D eigenvalue weighted by Crippen LogP contribution is 2.44. The fraction of sp³-hybridized carbons (Fsp3) is 0.0588. The van der Waals surface area contributed by atoms with E-state index in [-0.39, 0.29) is 5.39 Å². The van der Waals surface area contributed by atoms with Crippen molar-refractivity contribution in [3.63, 3.8) is 0 Å². The van der Waals surface area contributed by atoms with Gasteiger partial charge in [-0.25, -0.2) is 9.59 Å². The first-order valence-corrected chi connectivity index (χ1v) is 12.7. The lowest BCUT2D eigenvalue weighted by molar-refractivity contribution is 0.414. The molecule has 0 bridgehead atoms. The van der Waals surface area contributed by atoms with Crippen LogP contribution in [0.25, 0.3) is 55.7 Å². The lowest BCUT2D eigenvalue weighted by atomic mass is 9.89. The molecule has 6 aromatic rings. The van der Waals surface area contributed by atoms with Crippen LogP contribution in [0.4, 0.5) is 0 Å². The molecule has 6 rings (SSSR count). The summed E-state index contributed by atoms with van der Waals surface area (Å²) in [7, 11) is 3.18. The summed E-state index contributed by atoms with van der Waals surface area (Å²) in [6, 6.07) is 33.6. The molecule has 0 radical (unpaired) electrons. The van der Waals surface area contributed by atoms with Gasteiger partial charge in [0.05, 0.1) is 14.2 Å². The van der Waals surface area contributed by atoms with Crippen LogP contribution in [0.15, 0.2) is 128 Å². The molecule has 2 heterocycles. The Kier molecular flexibility index (Phi) is 6.50. The van der Waals surface area contributed by atoms with Crippen molar-refractivity contribution >= 4 is 10.8 Å². The highest BCUT2D eigenvalue weighted by atomic mass is 16.5. The molecule has 0 aliphatic heterocycles. The molecule has 0 aliphatic rings. The van der Waals surface area contributed by atoms with E-state index in [4.69, 9.17) is 18.3 Å². The lowest BCUT2D eigenvalue weighted by Gasteiger charge is -2.18. The fourth-order valence-corrected chi connectivity index (χ4v) is 4.93. The molecule has 0 atom stereocenters. The molecular weight excluding hydrogens is 504 g/mol. The third kappa shape index (κ3) is 4.35. The topological polar surface area (TPSA) is 78.9 Å². The number of fused-ring (bicyclic) bond motifs is 1. The molecular formula is C34H24O6. The van der Waals surface area contributed by atoms with Crippen LogP contribution in [0.2, 0.25) is 0 Å². The van der Waals surface area contributed by atoms with Gasteiger partial charge in [0.25, 0.3) is 0 Å². The van der Waals surface area contributed by atoms with Crippen LogP contribution in [-0.4, -0.2) is 14.2 Å². The van der Waals surface area contributed by atoms with Crippen molar-refractivity contribution in [1.82, 2.24) is 0 Å².